The van der Waals surface area contributed by atoms with Gasteiger partial charge in [0.05, 0.1) is 52.9 Å². The van der Waals surface area contributed by atoms with Gasteiger partial charge < -0.3 is 193 Å². The summed E-state index contributed by atoms with van der Waals surface area (Å²) in [6, 6.07) is 0. The molecule has 0 radical (unpaired) electrons. The highest BCUT2D eigenvalue weighted by Gasteiger charge is 2.64. The first-order valence-corrected chi connectivity index (χ1v) is 74.8. The van der Waals surface area contributed by atoms with Crippen LogP contribution in [0.4, 0.5) is 0 Å². The number of hydrogen-bond donors (Lipinski definition) is 16. The van der Waals surface area contributed by atoms with Crippen molar-refractivity contribution < 1.29 is 193 Å². The summed E-state index contributed by atoms with van der Waals surface area (Å²) < 4.78 is 162. The lowest BCUT2D eigenvalue weighted by atomic mass is 9.94. The molecule has 16 N–H and O–H groups in total. The molecule has 30 fully saturated rings. The van der Waals surface area contributed by atoms with E-state index in [1.54, 1.807) is 0 Å². The number of aliphatic hydroxyl groups excluding tert-OH is 16. The van der Waals surface area contributed by atoms with Crippen molar-refractivity contribution in [2.45, 2.75) is 557 Å². The SMILES string of the molecule is CC(C)(C)[Si](C)(C)OC[C@@H]1O[C@@H]2O[C@H]3[C@H](O)[C@@H](O)[C@@H](O[C@H]4[C@H](O)[C@@H](O)[C@@H](O[C@H]5[C@H](O)[C@H](O)[C@@H](O[C@H]6[C@H](O)[C@H](O)[C@@H](O[C@H]7[C@H](O)[C@@H](O)[C@@H](O[C@H]8[C@H](O)[C@@H](O)[C@@H](O[C@H]9[C@H](O)[C@H](O)[C@@H](O[C@H]1[C@H](O)[C@@H]2O)O[C@@H]9CO[Si](C)(C)C(C)(C)C)O[C@@H]8CO[Si](C)(C)C(C)(C)C)O[C@@H]7CO[Si](C)(C)C(C)(C)C)O[C@@H]6CO[Si](C)(C)C(C)(C)C)O[C@@H]5CO[Si](C)(C)C(C)(C)C)O[C@@H]4CO[Si](C)(C)C(C)(C)C)O[C@@H]3CO[Si](C)(C)C(C)(C)C. The van der Waals surface area contributed by atoms with Gasteiger partial charge in [-0.15, -0.1) is 0 Å². The Hall–Kier alpha value is 0.135. The van der Waals surface area contributed by atoms with E-state index >= 15 is 0 Å². The first-order valence-electron chi connectivity index (χ1n) is 51.5. The summed E-state index contributed by atoms with van der Waals surface area (Å²) in [7, 11) is -22.9. The molecule has 0 saturated carbocycles. The maximum Gasteiger partial charge on any atom is 0.192 e. The Morgan fingerprint density at radius 1 is 0.139 bits per heavy atom. The van der Waals surface area contributed by atoms with Crippen LogP contribution in [0, 0.1) is 0 Å². The molecule has 0 spiro atoms. The quantitative estimate of drug-likeness (QED) is 0.0440. The number of aliphatic hydroxyl groups is 16. The predicted octanol–water partition coefficient (Wildman–Crippen LogP) is 6.83. The average molecular weight is 2210 g/mol. The van der Waals surface area contributed by atoms with E-state index in [0.29, 0.717) is 0 Å². The zero-order valence-electron chi connectivity index (χ0n) is 93.7. The van der Waals surface area contributed by atoms with Crippen LogP contribution < -0.4 is 0 Å². The topological polar surface area (TPSA) is 545 Å². The molecule has 144 heavy (non-hydrogen) atoms. The molecule has 0 aromatic carbocycles. The summed E-state index contributed by atoms with van der Waals surface area (Å²) in [6.07, 6.45) is -76.0. The van der Waals surface area contributed by atoms with Gasteiger partial charge in [-0.25, -0.2) is 0 Å². The molecule has 0 aliphatic carbocycles. The normalized spacial score (nSPS) is 40.5. The van der Waals surface area contributed by atoms with Gasteiger partial charge >= 0.3 is 0 Å². The Balaban J connectivity index is 1.21. The number of hydrogen-bond acceptors (Lipinski definition) is 40. The zero-order chi connectivity index (χ0) is 110. The van der Waals surface area contributed by atoms with Gasteiger partial charge in [-0.05, 0) is 145 Å². The van der Waals surface area contributed by atoms with Crippen LogP contribution in [-0.2, 0) is 111 Å². The predicted molar refractivity (Wildman–Crippen MR) is 550 cm³/mol. The molecule has 40 atom stereocenters. The number of ether oxygens (including phenoxy) is 16. The van der Waals surface area contributed by atoms with Crippen molar-refractivity contribution in [2.24, 2.45) is 0 Å². The largest absolute Gasteiger partial charge is 0.414 e. The average Bonchev–Trinajstić information content (AvgIpc) is 0.764. The first kappa shape index (κ1) is 128. The third kappa shape index (κ3) is 29.1. The minimum absolute atomic E-state index is 0.401. The lowest BCUT2D eigenvalue weighted by molar-refractivity contribution is -0.403. The fraction of sp³-hybridized carbons (Fsp3) is 1.00. The van der Waals surface area contributed by atoms with E-state index in [2.05, 4.69) is 0 Å². The van der Waals surface area contributed by atoms with Crippen molar-refractivity contribution in [3.8, 4) is 0 Å². The van der Waals surface area contributed by atoms with Crippen LogP contribution in [0.3, 0.4) is 0 Å². The van der Waals surface area contributed by atoms with E-state index in [1.807, 2.05) is 271 Å². The van der Waals surface area contributed by atoms with Crippen LogP contribution >= 0.6 is 0 Å². The molecule has 30 aliphatic heterocycles. The third-order valence-corrected chi connectivity index (χ3v) is 70.8. The highest BCUT2D eigenvalue weighted by molar-refractivity contribution is 6.77. The minimum Gasteiger partial charge on any atom is -0.414 e. The van der Waals surface area contributed by atoms with Crippen molar-refractivity contribution in [1.82, 2.24) is 0 Å². The zero-order valence-corrected chi connectivity index (χ0v) is 102. The molecule has 0 aromatic heterocycles. The fourth-order valence-corrected chi connectivity index (χ4v) is 24.0. The van der Waals surface area contributed by atoms with Crippen LogP contribution in [0.5, 0.6) is 0 Å². The molecule has 0 amide bonds. The lowest BCUT2D eigenvalue weighted by Crippen LogP contribution is -2.69. The van der Waals surface area contributed by atoms with Crippen molar-refractivity contribution in [1.29, 1.82) is 0 Å². The summed E-state index contributed by atoms with van der Waals surface area (Å²) >= 11 is 0. The molecule has 848 valence electrons. The van der Waals surface area contributed by atoms with E-state index in [0.717, 1.165) is 0 Å². The fourth-order valence-electron chi connectivity index (χ4n) is 15.9. The first-order chi connectivity index (χ1) is 65.1. The van der Waals surface area contributed by atoms with Crippen LogP contribution in [0.15, 0.2) is 0 Å². The molecule has 30 saturated heterocycles. The van der Waals surface area contributed by atoms with E-state index in [9.17, 15) is 81.7 Å². The summed E-state index contributed by atoms with van der Waals surface area (Å²) in [4.78, 5) is 0. The second-order valence-corrected chi connectivity index (χ2v) is 92.0. The van der Waals surface area contributed by atoms with E-state index < -0.39 is 405 Å². The molecule has 0 unspecified atom stereocenters. The Kier molecular flexibility index (Phi) is 41.6. The van der Waals surface area contributed by atoms with Crippen LogP contribution in [0.1, 0.15) is 166 Å². The maximum absolute atomic E-state index is 12.9. The van der Waals surface area contributed by atoms with Gasteiger partial charge in [0, 0.05) is 0 Å². The smallest absolute Gasteiger partial charge is 0.192 e. The molecule has 16 bridgehead atoms. The van der Waals surface area contributed by atoms with Gasteiger partial charge in [0.2, 0.25) is 0 Å². The summed E-state index contributed by atoms with van der Waals surface area (Å²) in [6.45, 7) is 75.9. The molecular formula is C96H192O40Si8. The van der Waals surface area contributed by atoms with Crippen molar-refractivity contribution in [3.63, 3.8) is 0 Å². The van der Waals surface area contributed by atoms with E-state index in [-0.39, 0.29) is 0 Å². The summed E-state index contributed by atoms with van der Waals surface area (Å²) in [5.41, 5.74) is 0. The van der Waals surface area contributed by atoms with Crippen molar-refractivity contribution in [2.75, 3.05) is 52.9 Å². The summed E-state index contributed by atoms with van der Waals surface area (Å²) in [5, 5.41) is 202. The standard InChI is InChI=1S/C96H192O40Si8/c1-89(2,3)137(25,26)113-41-49-73-57(97)65(105)81(121-49)130-74-50(42-114-138(27,28)90(4,5)6)123-83(67(107)59(74)99)132-76-52(44-116-140(31,32)92(10,11)12)125-85(69(109)61(76)101)134-78-54(46-118-142(35,36)94(16,17)18)127-87(71(111)63(78)103)136-80-56(48-120-144(39,40)96(22,23)24)128-88(72(112)64(80)104)135-79-55(47-119-143(37,38)95(19,20)21)126-86(70(110)62(79)102)133-77-53(45-117-141(33,34)93(13,14)15)124-84(68(108)60(77)100)131-75-51(43-115-139(29,30)91(7,8)9)122-82(129-73)66(106)58(75)98/h49-88,97-112H,41-48H2,1-40H3/t49-,50-,51-,52-,53-,54-,55-,56+,57-,58-,59-,60-,61-,62-,63-,64-,65+,66+,67-,68-,69-,70-,71+,72+,73-,74-,75-,76-,77-,78-,79-,80-,81-,82-,83-,84-,85-,86-,87-,88-/m1/s1. The molecular weight excluding hydrogens is 2020 g/mol. The van der Waals surface area contributed by atoms with Gasteiger partial charge in [-0.2, -0.15) is 0 Å². The third-order valence-electron chi connectivity index (χ3n) is 34.8. The molecule has 30 aliphatic rings. The summed E-state index contributed by atoms with van der Waals surface area (Å²) in [5.74, 6) is 0. The molecule has 40 nitrogen and oxygen atoms in total. The Bertz CT molecular complexity index is 3260. The van der Waals surface area contributed by atoms with Crippen LogP contribution in [0.25, 0.3) is 0 Å². The minimum atomic E-state index is -2.86. The molecule has 30 rings (SSSR count). The van der Waals surface area contributed by atoms with Gasteiger partial charge in [0.25, 0.3) is 0 Å². The van der Waals surface area contributed by atoms with E-state index in [1.165, 1.54) is 0 Å². The van der Waals surface area contributed by atoms with Gasteiger partial charge in [-0.3, -0.25) is 0 Å². The highest BCUT2D eigenvalue weighted by Crippen LogP contribution is 2.50. The van der Waals surface area contributed by atoms with Crippen LogP contribution in [0.2, 0.25) is 145 Å². The second-order valence-electron chi connectivity index (χ2n) is 53.6. The van der Waals surface area contributed by atoms with Gasteiger partial charge in [-0.1, -0.05) is 166 Å². The van der Waals surface area contributed by atoms with Crippen molar-refractivity contribution >= 4 is 66.5 Å². The highest BCUT2D eigenvalue weighted by atomic mass is 28.4. The Labute approximate surface area is 864 Å². The monoisotopic (exact) mass is 2210 g/mol. The molecule has 30 heterocycles. The lowest BCUT2D eigenvalue weighted by Gasteiger charge is -2.52. The van der Waals surface area contributed by atoms with Gasteiger partial charge in [0.1, 0.15) is 195 Å². The molecule has 48 heteroatoms. The second kappa shape index (κ2) is 47.0. The van der Waals surface area contributed by atoms with Crippen molar-refractivity contribution in [3.05, 3.63) is 0 Å². The molecule has 0 aromatic rings. The number of rotatable bonds is 24. The van der Waals surface area contributed by atoms with Crippen LogP contribution in [-0.4, -0.2) is 447 Å². The van der Waals surface area contributed by atoms with E-state index in [4.69, 9.17) is 111 Å². The Morgan fingerprint density at radius 2 is 0.215 bits per heavy atom. The maximum atomic E-state index is 12.9. The van der Waals surface area contributed by atoms with Gasteiger partial charge in [0.15, 0.2) is 117 Å². The Morgan fingerprint density at radius 3 is 0.285 bits per heavy atom.